The molecule has 0 saturated heterocycles. The predicted octanol–water partition coefficient (Wildman–Crippen LogP) is 3.10. The Balaban J connectivity index is 2.49. The molecule has 90 valence electrons. The molecule has 2 nitrogen and oxygen atoms in total. The lowest BCUT2D eigenvalue weighted by molar-refractivity contribution is 0.141. The van der Waals surface area contributed by atoms with Gasteiger partial charge in [-0.05, 0) is 45.0 Å². The summed E-state index contributed by atoms with van der Waals surface area (Å²) in [6, 6.07) is 7.92. The summed E-state index contributed by atoms with van der Waals surface area (Å²) in [7, 11) is 2.06. The van der Waals surface area contributed by atoms with Crippen LogP contribution in [0.1, 0.15) is 31.9 Å². The van der Waals surface area contributed by atoms with E-state index < -0.39 is 6.10 Å². The molecule has 1 aromatic carbocycles. The first kappa shape index (κ1) is 13.5. The monoisotopic (exact) mass is 241 g/mol. The molecule has 0 aliphatic carbocycles. The first-order valence-electron chi connectivity index (χ1n) is 5.64. The van der Waals surface area contributed by atoms with Crippen molar-refractivity contribution in [3.8, 4) is 0 Å². The summed E-state index contributed by atoms with van der Waals surface area (Å²) in [5.41, 5.74) is 0.893. The molecular weight excluding hydrogens is 222 g/mol. The van der Waals surface area contributed by atoms with Gasteiger partial charge in [0.05, 0.1) is 6.10 Å². The summed E-state index contributed by atoms with van der Waals surface area (Å²) in [4.78, 5) is 2.22. The highest BCUT2D eigenvalue weighted by molar-refractivity contribution is 6.30. The van der Waals surface area contributed by atoms with Crippen molar-refractivity contribution in [3.05, 3.63) is 34.9 Å². The highest BCUT2D eigenvalue weighted by atomic mass is 35.5. The van der Waals surface area contributed by atoms with Crippen molar-refractivity contribution in [2.45, 2.75) is 32.4 Å². The van der Waals surface area contributed by atoms with E-state index in [1.165, 1.54) is 0 Å². The van der Waals surface area contributed by atoms with Crippen LogP contribution in [0.5, 0.6) is 0 Å². The smallest absolute Gasteiger partial charge is 0.0802 e. The van der Waals surface area contributed by atoms with Gasteiger partial charge in [-0.3, -0.25) is 0 Å². The van der Waals surface area contributed by atoms with E-state index in [1.807, 2.05) is 24.3 Å². The molecule has 0 saturated carbocycles. The van der Waals surface area contributed by atoms with E-state index in [4.69, 9.17) is 11.6 Å². The molecule has 1 N–H and O–H groups in total. The van der Waals surface area contributed by atoms with Crippen LogP contribution in [-0.4, -0.2) is 29.6 Å². The van der Waals surface area contributed by atoms with Gasteiger partial charge in [-0.15, -0.1) is 0 Å². The first-order valence-corrected chi connectivity index (χ1v) is 6.02. The van der Waals surface area contributed by atoms with E-state index in [-0.39, 0.29) is 0 Å². The Morgan fingerprint density at radius 2 is 2.06 bits per heavy atom. The third-order valence-electron chi connectivity index (χ3n) is 2.87. The number of halogens is 1. The zero-order chi connectivity index (χ0) is 12.1. The fourth-order valence-corrected chi connectivity index (χ4v) is 1.66. The summed E-state index contributed by atoms with van der Waals surface area (Å²) in [5, 5.41) is 10.7. The second-order valence-corrected chi connectivity index (χ2v) is 4.87. The average molecular weight is 242 g/mol. The molecule has 1 rings (SSSR count). The van der Waals surface area contributed by atoms with E-state index in [0.29, 0.717) is 11.1 Å². The van der Waals surface area contributed by atoms with Gasteiger partial charge in [-0.25, -0.2) is 0 Å². The van der Waals surface area contributed by atoms with Gasteiger partial charge in [0.25, 0.3) is 0 Å². The van der Waals surface area contributed by atoms with Gasteiger partial charge in [-0.2, -0.15) is 0 Å². The maximum absolute atomic E-state index is 9.99. The number of aliphatic hydroxyl groups is 1. The van der Waals surface area contributed by atoms with Crippen molar-refractivity contribution in [1.29, 1.82) is 0 Å². The SMILES string of the molecule is CC(C)N(C)CCC(O)c1cccc(Cl)c1. The van der Waals surface area contributed by atoms with Gasteiger partial charge in [0.1, 0.15) is 0 Å². The summed E-state index contributed by atoms with van der Waals surface area (Å²) < 4.78 is 0. The minimum Gasteiger partial charge on any atom is -0.388 e. The van der Waals surface area contributed by atoms with E-state index in [1.54, 1.807) is 0 Å². The van der Waals surface area contributed by atoms with Crippen LogP contribution in [0.4, 0.5) is 0 Å². The molecule has 0 amide bonds. The lowest BCUT2D eigenvalue weighted by Gasteiger charge is -2.22. The van der Waals surface area contributed by atoms with Crippen molar-refractivity contribution in [2.75, 3.05) is 13.6 Å². The van der Waals surface area contributed by atoms with Crippen LogP contribution in [0.25, 0.3) is 0 Å². The number of rotatable bonds is 5. The lowest BCUT2D eigenvalue weighted by Crippen LogP contribution is -2.28. The van der Waals surface area contributed by atoms with Crippen LogP contribution in [0.2, 0.25) is 5.02 Å². The normalized spacial score (nSPS) is 13.4. The van der Waals surface area contributed by atoms with E-state index in [2.05, 4.69) is 25.8 Å². The van der Waals surface area contributed by atoms with Crippen LogP contribution >= 0.6 is 11.6 Å². The van der Waals surface area contributed by atoms with E-state index in [0.717, 1.165) is 18.5 Å². The Morgan fingerprint density at radius 1 is 1.38 bits per heavy atom. The third-order valence-corrected chi connectivity index (χ3v) is 3.11. The van der Waals surface area contributed by atoms with Crippen LogP contribution in [0.15, 0.2) is 24.3 Å². The Kier molecular flexibility index (Phi) is 5.26. The molecule has 0 fully saturated rings. The fraction of sp³-hybridized carbons (Fsp3) is 0.538. The Morgan fingerprint density at radius 3 is 2.62 bits per heavy atom. The van der Waals surface area contributed by atoms with Gasteiger partial charge in [-0.1, -0.05) is 23.7 Å². The molecule has 0 spiro atoms. The van der Waals surface area contributed by atoms with Crippen molar-refractivity contribution in [1.82, 2.24) is 4.90 Å². The Bertz CT molecular complexity index is 327. The number of hydrogen-bond donors (Lipinski definition) is 1. The molecule has 1 aromatic rings. The first-order chi connectivity index (χ1) is 7.50. The maximum Gasteiger partial charge on any atom is 0.0802 e. The minimum atomic E-state index is -0.431. The van der Waals surface area contributed by atoms with Gasteiger partial charge in [0, 0.05) is 17.6 Å². The zero-order valence-electron chi connectivity index (χ0n) is 10.2. The predicted molar refractivity (Wildman–Crippen MR) is 68.8 cm³/mol. The highest BCUT2D eigenvalue weighted by Crippen LogP contribution is 2.20. The minimum absolute atomic E-state index is 0.431. The van der Waals surface area contributed by atoms with E-state index in [9.17, 15) is 5.11 Å². The van der Waals surface area contributed by atoms with Crippen LogP contribution in [0.3, 0.4) is 0 Å². The summed E-state index contributed by atoms with van der Waals surface area (Å²) in [6.07, 6.45) is 0.301. The Labute approximate surface area is 103 Å². The van der Waals surface area contributed by atoms with Crippen LogP contribution < -0.4 is 0 Å². The maximum atomic E-state index is 9.99. The van der Waals surface area contributed by atoms with Gasteiger partial charge >= 0.3 is 0 Å². The Hall–Kier alpha value is -0.570. The lowest BCUT2D eigenvalue weighted by atomic mass is 10.1. The molecule has 1 atom stereocenters. The van der Waals surface area contributed by atoms with Gasteiger partial charge in [0.15, 0.2) is 0 Å². The molecule has 3 heteroatoms. The summed E-state index contributed by atoms with van der Waals surface area (Å²) >= 11 is 5.88. The molecule has 0 aromatic heterocycles. The standard InChI is InChI=1S/C13H20ClNO/c1-10(2)15(3)8-7-13(16)11-5-4-6-12(14)9-11/h4-6,9-10,13,16H,7-8H2,1-3H3. The van der Waals surface area contributed by atoms with E-state index >= 15 is 0 Å². The number of hydrogen-bond acceptors (Lipinski definition) is 2. The molecule has 0 bridgehead atoms. The fourth-order valence-electron chi connectivity index (χ4n) is 1.46. The van der Waals surface area contributed by atoms with Crippen molar-refractivity contribution < 1.29 is 5.11 Å². The largest absolute Gasteiger partial charge is 0.388 e. The van der Waals surface area contributed by atoms with Crippen molar-refractivity contribution >= 4 is 11.6 Å². The zero-order valence-corrected chi connectivity index (χ0v) is 10.9. The topological polar surface area (TPSA) is 23.5 Å². The van der Waals surface area contributed by atoms with Crippen molar-refractivity contribution in [3.63, 3.8) is 0 Å². The number of benzene rings is 1. The quantitative estimate of drug-likeness (QED) is 0.856. The van der Waals surface area contributed by atoms with Crippen LogP contribution in [-0.2, 0) is 0 Å². The molecule has 0 aliphatic rings. The molecule has 1 unspecified atom stereocenters. The molecular formula is C13H20ClNO. The molecule has 0 aliphatic heterocycles. The number of nitrogens with zero attached hydrogens (tertiary/aromatic N) is 1. The number of aliphatic hydroxyl groups excluding tert-OH is 1. The highest BCUT2D eigenvalue weighted by Gasteiger charge is 2.10. The van der Waals surface area contributed by atoms with Gasteiger partial charge in [0.2, 0.25) is 0 Å². The molecule has 16 heavy (non-hydrogen) atoms. The van der Waals surface area contributed by atoms with Crippen LogP contribution in [0, 0.1) is 0 Å². The third kappa shape index (κ3) is 4.12. The molecule has 0 heterocycles. The molecule has 0 radical (unpaired) electrons. The second-order valence-electron chi connectivity index (χ2n) is 4.43. The van der Waals surface area contributed by atoms with Gasteiger partial charge < -0.3 is 10.0 Å². The average Bonchev–Trinajstić information content (AvgIpc) is 2.25. The second kappa shape index (κ2) is 6.24. The summed E-state index contributed by atoms with van der Waals surface area (Å²) in [5.74, 6) is 0. The summed E-state index contributed by atoms with van der Waals surface area (Å²) in [6.45, 7) is 5.17. The van der Waals surface area contributed by atoms with Crippen molar-refractivity contribution in [2.24, 2.45) is 0 Å².